The topological polar surface area (TPSA) is 80.9 Å². The third-order valence-electron chi connectivity index (χ3n) is 2.95. The zero-order valence-electron chi connectivity index (χ0n) is 9.15. The Bertz CT molecular complexity index is 360. The van der Waals surface area contributed by atoms with Crippen LogP contribution in [0.25, 0.3) is 0 Å². The number of nitrogens with zero attached hydrogens (tertiary/aromatic N) is 2. The molecule has 2 rings (SSSR count). The van der Waals surface area contributed by atoms with E-state index in [1.165, 1.54) is 0 Å². The summed E-state index contributed by atoms with van der Waals surface area (Å²) in [6.07, 6.45) is 6.03. The van der Waals surface area contributed by atoms with Crippen LogP contribution in [0.5, 0.6) is 0 Å². The summed E-state index contributed by atoms with van der Waals surface area (Å²) in [5.74, 6) is 0.402. The smallest absolute Gasteiger partial charge is 0.227 e. The van der Waals surface area contributed by atoms with Gasteiger partial charge < -0.3 is 11.1 Å². The van der Waals surface area contributed by atoms with Crippen molar-refractivity contribution < 1.29 is 4.79 Å². The molecule has 0 aliphatic heterocycles. The first-order chi connectivity index (χ1) is 7.68. The van der Waals surface area contributed by atoms with Gasteiger partial charge in [0.05, 0.1) is 0 Å². The van der Waals surface area contributed by atoms with Crippen LogP contribution < -0.4 is 11.1 Å². The molecule has 0 bridgehead atoms. The number of nitrogens with two attached hydrogens (primary N) is 1. The van der Waals surface area contributed by atoms with E-state index in [2.05, 4.69) is 15.5 Å². The molecule has 1 heterocycles. The molecular weight excluding hydrogens is 204 g/mol. The Hall–Kier alpha value is -1.49. The van der Waals surface area contributed by atoms with Crippen LogP contribution in [0.3, 0.4) is 0 Å². The minimum absolute atomic E-state index is 0.0788. The SMILES string of the molecule is NC1(CC(=O)Nc2cccnn2)CCCC1. The van der Waals surface area contributed by atoms with E-state index >= 15 is 0 Å². The average Bonchev–Trinajstić information content (AvgIpc) is 2.66. The molecule has 0 atom stereocenters. The quantitative estimate of drug-likeness (QED) is 0.798. The van der Waals surface area contributed by atoms with Gasteiger partial charge in [0.2, 0.25) is 5.91 Å². The summed E-state index contributed by atoms with van der Waals surface area (Å²) in [7, 11) is 0. The molecule has 0 saturated heterocycles. The van der Waals surface area contributed by atoms with Crippen molar-refractivity contribution in [2.24, 2.45) is 5.73 Å². The van der Waals surface area contributed by atoms with E-state index in [1.807, 2.05) is 0 Å². The first kappa shape index (κ1) is 11.0. The Morgan fingerprint density at radius 1 is 1.50 bits per heavy atom. The van der Waals surface area contributed by atoms with Crippen molar-refractivity contribution in [1.82, 2.24) is 10.2 Å². The second-order valence-corrected chi connectivity index (χ2v) is 4.40. The molecule has 5 heteroatoms. The highest BCUT2D eigenvalue weighted by molar-refractivity contribution is 5.90. The number of anilines is 1. The highest BCUT2D eigenvalue weighted by Crippen LogP contribution is 2.30. The van der Waals surface area contributed by atoms with Gasteiger partial charge in [0.25, 0.3) is 0 Å². The number of nitrogens with one attached hydrogen (secondary N) is 1. The maximum atomic E-state index is 11.7. The predicted molar refractivity (Wildman–Crippen MR) is 60.7 cm³/mol. The number of rotatable bonds is 3. The van der Waals surface area contributed by atoms with Gasteiger partial charge >= 0.3 is 0 Å². The van der Waals surface area contributed by atoms with Crippen LogP contribution >= 0.6 is 0 Å². The van der Waals surface area contributed by atoms with E-state index in [4.69, 9.17) is 5.73 Å². The van der Waals surface area contributed by atoms with E-state index in [-0.39, 0.29) is 11.4 Å². The maximum Gasteiger partial charge on any atom is 0.227 e. The summed E-state index contributed by atoms with van der Waals surface area (Å²) in [6, 6.07) is 3.44. The van der Waals surface area contributed by atoms with Crippen molar-refractivity contribution in [3.8, 4) is 0 Å². The predicted octanol–water partition coefficient (Wildman–Crippen LogP) is 1.08. The molecule has 0 unspecified atom stereocenters. The fourth-order valence-corrected chi connectivity index (χ4v) is 2.13. The van der Waals surface area contributed by atoms with E-state index < -0.39 is 0 Å². The highest BCUT2D eigenvalue weighted by Gasteiger charge is 2.31. The number of aromatic nitrogens is 2. The van der Waals surface area contributed by atoms with Crippen LogP contribution in [0.1, 0.15) is 32.1 Å². The summed E-state index contributed by atoms with van der Waals surface area (Å²) in [5, 5.41) is 10.2. The third kappa shape index (κ3) is 2.76. The molecule has 0 radical (unpaired) electrons. The largest absolute Gasteiger partial charge is 0.325 e. The van der Waals surface area contributed by atoms with Crippen molar-refractivity contribution in [3.63, 3.8) is 0 Å². The van der Waals surface area contributed by atoms with Gasteiger partial charge in [-0.25, -0.2) is 0 Å². The molecule has 3 N–H and O–H groups in total. The molecule has 1 aromatic rings. The Morgan fingerprint density at radius 2 is 2.25 bits per heavy atom. The Kier molecular flexibility index (Phi) is 3.14. The lowest BCUT2D eigenvalue weighted by atomic mass is 9.94. The summed E-state index contributed by atoms with van der Waals surface area (Å²) in [4.78, 5) is 11.7. The Labute approximate surface area is 94.4 Å². The standard InChI is InChI=1S/C11H16N4O/c12-11(5-1-2-6-11)8-10(16)14-9-4-3-7-13-15-9/h3-4,7H,1-2,5-6,8,12H2,(H,14,15,16). The van der Waals surface area contributed by atoms with E-state index in [0.29, 0.717) is 12.2 Å². The lowest BCUT2D eigenvalue weighted by Gasteiger charge is -2.22. The fraction of sp³-hybridized carbons (Fsp3) is 0.545. The van der Waals surface area contributed by atoms with Gasteiger partial charge in [-0.15, -0.1) is 5.10 Å². The van der Waals surface area contributed by atoms with Gasteiger partial charge in [-0.3, -0.25) is 4.79 Å². The van der Waals surface area contributed by atoms with Crippen LogP contribution in [-0.4, -0.2) is 21.6 Å². The second-order valence-electron chi connectivity index (χ2n) is 4.40. The molecule has 1 aliphatic carbocycles. The molecular formula is C11H16N4O. The van der Waals surface area contributed by atoms with Crippen LogP contribution in [0.15, 0.2) is 18.3 Å². The van der Waals surface area contributed by atoms with Crippen molar-refractivity contribution >= 4 is 11.7 Å². The van der Waals surface area contributed by atoms with Crippen molar-refractivity contribution in [1.29, 1.82) is 0 Å². The zero-order valence-corrected chi connectivity index (χ0v) is 9.15. The molecule has 5 nitrogen and oxygen atoms in total. The molecule has 0 aromatic carbocycles. The highest BCUT2D eigenvalue weighted by atomic mass is 16.1. The molecule has 1 fully saturated rings. The lowest BCUT2D eigenvalue weighted by Crippen LogP contribution is -2.40. The number of amides is 1. The van der Waals surface area contributed by atoms with Gasteiger partial charge in [-0.1, -0.05) is 12.8 Å². The molecule has 1 saturated carbocycles. The van der Waals surface area contributed by atoms with Crippen LogP contribution in [-0.2, 0) is 4.79 Å². The summed E-state index contributed by atoms with van der Waals surface area (Å²) < 4.78 is 0. The Balaban J connectivity index is 1.89. The van der Waals surface area contributed by atoms with E-state index in [9.17, 15) is 4.79 Å². The number of carbonyl (C=O) groups is 1. The molecule has 16 heavy (non-hydrogen) atoms. The molecule has 1 aromatic heterocycles. The normalized spacial score (nSPS) is 18.3. The molecule has 86 valence electrons. The van der Waals surface area contributed by atoms with Gasteiger partial charge in [-0.2, -0.15) is 5.10 Å². The minimum Gasteiger partial charge on any atom is -0.325 e. The zero-order chi connectivity index (χ0) is 11.4. The first-order valence-corrected chi connectivity index (χ1v) is 5.54. The van der Waals surface area contributed by atoms with Crippen molar-refractivity contribution in [2.45, 2.75) is 37.6 Å². The van der Waals surface area contributed by atoms with Gasteiger partial charge in [-0.05, 0) is 25.0 Å². The lowest BCUT2D eigenvalue weighted by molar-refractivity contribution is -0.117. The van der Waals surface area contributed by atoms with Crippen molar-refractivity contribution in [3.05, 3.63) is 18.3 Å². The average molecular weight is 220 g/mol. The summed E-state index contributed by atoms with van der Waals surface area (Å²) >= 11 is 0. The number of carbonyl (C=O) groups excluding carboxylic acids is 1. The van der Waals surface area contributed by atoms with Gasteiger partial charge in [0.1, 0.15) is 0 Å². The van der Waals surface area contributed by atoms with Crippen molar-refractivity contribution in [2.75, 3.05) is 5.32 Å². The van der Waals surface area contributed by atoms with E-state index in [1.54, 1.807) is 18.3 Å². The van der Waals surface area contributed by atoms with Crippen LogP contribution in [0.2, 0.25) is 0 Å². The fourth-order valence-electron chi connectivity index (χ4n) is 2.13. The summed E-state index contributed by atoms with van der Waals surface area (Å²) in [6.45, 7) is 0. The number of hydrogen-bond donors (Lipinski definition) is 2. The van der Waals surface area contributed by atoms with Crippen LogP contribution in [0, 0.1) is 0 Å². The van der Waals surface area contributed by atoms with Gasteiger partial charge in [0, 0.05) is 18.2 Å². The van der Waals surface area contributed by atoms with Gasteiger partial charge in [0.15, 0.2) is 5.82 Å². The molecule has 1 aliphatic rings. The Morgan fingerprint density at radius 3 is 2.88 bits per heavy atom. The van der Waals surface area contributed by atoms with Crippen LogP contribution in [0.4, 0.5) is 5.82 Å². The second kappa shape index (κ2) is 4.57. The summed E-state index contributed by atoms with van der Waals surface area (Å²) in [5.41, 5.74) is 5.80. The maximum absolute atomic E-state index is 11.7. The molecule has 1 amide bonds. The van der Waals surface area contributed by atoms with E-state index in [0.717, 1.165) is 25.7 Å². The molecule has 0 spiro atoms. The third-order valence-corrected chi connectivity index (χ3v) is 2.95. The minimum atomic E-state index is -0.313. The first-order valence-electron chi connectivity index (χ1n) is 5.54. The number of hydrogen-bond acceptors (Lipinski definition) is 4. The monoisotopic (exact) mass is 220 g/mol.